The highest BCUT2D eigenvalue weighted by atomic mass is 35.5. The predicted molar refractivity (Wildman–Crippen MR) is 101 cm³/mol. The number of piperazine rings is 1. The molecule has 3 rings (SSSR count). The molecule has 0 N–H and O–H groups in total. The van der Waals surface area contributed by atoms with E-state index in [9.17, 15) is 9.18 Å². The van der Waals surface area contributed by atoms with Crippen LogP contribution in [0, 0.1) is 12.7 Å². The Morgan fingerprint density at radius 2 is 1.85 bits per heavy atom. The number of anilines is 1. The molecular weight excluding hydrogens is 355 g/mol. The van der Waals surface area contributed by atoms with E-state index in [0.717, 1.165) is 5.56 Å². The van der Waals surface area contributed by atoms with E-state index in [-0.39, 0.29) is 11.7 Å². The Morgan fingerprint density at radius 1 is 1.15 bits per heavy atom. The van der Waals surface area contributed by atoms with Gasteiger partial charge >= 0.3 is 0 Å². The Balaban J connectivity index is 1.57. The van der Waals surface area contributed by atoms with Crippen LogP contribution < -0.4 is 9.64 Å². The lowest BCUT2D eigenvalue weighted by atomic mass is 10.2. The van der Waals surface area contributed by atoms with Crippen LogP contribution in [0.4, 0.5) is 10.1 Å². The molecular formula is C20H22ClFN2O2. The zero-order valence-corrected chi connectivity index (χ0v) is 15.7. The summed E-state index contributed by atoms with van der Waals surface area (Å²) in [4.78, 5) is 16.4. The highest BCUT2D eigenvalue weighted by Crippen LogP contribution is 2.23. The molecule has 1 aliphatic rings. The number of hydrogen-bond donors (Lipinski definition) is 0. The van der Waals surface area contributed by atoms with Gasteiger partial charge in [-0.2, -0.15) is 0 Å². The lowest BCUT2D eigenvalue weighted by molar-refractivity contribution is -0.138. The van der Waals surface area contributed by atoms with Gasteiger partial charge in [-0.15, -0.1) is 0 Å². The lowest BCUT2D eigenvalue weighted by Crippen LogP contribution is -2.52. The number of carbonyl (C=O) groups excluding carboxylic acids is 1. The van der Waals surface area contributed by atoms with Gasteiger partial charge in [-0.05, 0) is 49.7 Å². The number of aryl methyl sites for hydroxylation is 1. The van der Waals surface area contributed by atoms with Crippen molar-refractivity contribution < 1.29 is 13.9 Å². The molecule has 1 heterocycles. The van der Waals surface area contributed by atoms with Gasteiger partial charge in [0.1, 0.15) is 11.6 Å². The van der Waals surface area contributed by atoms with E-state index in [1.165, 1.54) is 6.07 Å². The average molecular weight is 377 g/mol. The molecule has 6 heteroatoms. The molecule has 1 atom stereocenters. The van der Waals surface area contributed by atoms with E-state index in [2.05, 4.69) is 0 Å². The number of nitrogens with zero attached hydrogens (tertiary/aromatic N) is 2. The van der Waals surface area contributed by atoms with E-state index in [0.29, 0.717) is 42.6 Å². The molecule has 0 spiro atoms. The van der Waals surface area contributed by atoms with Gasteiger partial charge in [-0.25, -0.2) is 4.39 Å². The van der Waals surface area contributed by atoms with Crippen molar-refractivity contribution in [3.63, 3.8) is 0 Å². The van der Waals surface area contributed by atoms with Crippen LogP contribution in [0.3, 0.4) is 0 Å². The van der Waals surface area contributed by atoms with Crippen molar-refractivity contribution in [2.45, 2.75) is 20.0 Å². The van der Waals surface area contributed by atoms with Gasteiger partial charge in [-0.3, -0.25) is 4.79 Å². The molecule has 2 aromatic rings. The first-order valence-electron chi connectivity index (χ1n) is 8.67. The second-order valence-electron chi connectivity index (χ2n) is 6.43. The first kappa shape index (κ1) is 18.5. The number of benzene rings is 2. The van der Waals surface area contributed by atoms with Gasteiger partial charge in [0.2, 0.25) is 0 Å². The summed E-state index contributed by atoms with van der Waals surface area (Å²) in [7, 11) is 0. The van der Waals surface area contributed by atoms with E-state index < -0.39 is 6.10 Å². The molecule has 4 nitrogen and oxygen atoms in total. The van der Waals surface area contributed by atoms with Crippen molar-refractivity contribution >= 4 is 23.2 Å². The summed E-state index contributed by atoms with van der Waals surface area (Å²) in [6.07, 6.45) is -0.587. The predicted octanol–water partition coefficient (Wildman–Crippen LogP) is 3.90. The Bertz CT molecular complexity index is 791. The molecule has 0 bridgehead atoms. The molecule has 0 aromatic heterocycles. The minimum Gasteiger partial charge on any atom is -0.481 e. The van der Waals surface area contributed by atoms with Crippen LogP contribution in [0.5, 0.6) is 5.75 Å². The van der Waals surface area contributed by atoms with Crippen LogP contribution in [0.15, 0.2) is 42.5 Å². The molecule has 0 saturated carbocycles. The molecule has 138 valence electrons. The number of para-hydroxylation sites is 1. The molecule has 0 aliphatic carbocycles. The number of amides is 1. The zero-order valence-electron chi connectivity index (χ0n) is 14.9. The average Bonchev–Trinajstić information content (AvgIpc) is 2.65. The highest BCUT2D eigenvalue weighted by molar-refractivity contribution is 6.31. The van der Waals surface area contributed by atoms with Gasteiger partial charge in [0.25, 0.3) is 5.91 Å². The molecule has 1 fully saturated rings. The zero-order chi connectivity index (χ0) is 18.7. The first-order chi connectivity index (χ1) is 12.5. The number of hydrogen-bond acceptors (Lipinski definition) is 3. The molecule has 1 aliphatic heterocycles. The quantitative estimate of drug-likeness (QED) is 0.811. The SMILES string of the molecule is Cc1cc(O[C@@H](C)C(=O)N2CCN(c3ccccc3F)CC2)ccc1Cl. The largest absolute Gasteiger partial charge is 0.481 e. The van der Waals surface area contributed by atoms with E-state index in [4.69, 9.17) is 16.3 Å². The molecule has 1 amide bonds. The van der Waals surface area contributed by atoms with Crippen molar-refractivity contribution in [1.29, 1.82) is 0 Å². The molecule has 26 heavy (non-hydrogen) atoms. The Labute approximate surface area is 158 Å². The summed E-state index contributed by atoms with van der Waals surface area (Å²) in [6.45, 7) is 5.92. The van der Waals surface area contributed by atoms with Crippen LogP contribution in [0.1, 0.15) is 12.5 Å². The highest BCUT2D eigenvalue weighted by Gasteiger charge is 2.27. The minimum atomic E-state index is -0.587. The van der Waals surface area contributed by atoms with Crippen LogP contribution in [0.25, 0.3) is 0 Å². The smallest absolute Gasteiger partial charge is 0.263 e. The van der Waals surface area contributed by atoms with E-state index in [1.54, 1.807) is 36.1 Å². The van der Waals surface area contributed by atoms with Gasteiger partial charge < -0.3 is 14.5 Å². The van der Waals surface area contributed by atoms with Crippen molar-refractivity contribution in [3.8, 4) is 5.75 Å². The Kier molecular flexibility index (Phi) is 5.67. The lowest BCUT2D eigenvalue weighted by Gasteiger charge is -2.37. The molecule has 0 radical (unpaired) electrons. The number of rotatable bonds is 4. The number of halogens is 2. The maximum atomic E-state index is 13.9. The molecule has 2 aromatic carbocycles. The fourth-order valence-electron chi connectivity index (χ4n) is 3.08. The van der Waals surface area contributed by atoms with Crippen LogP contribution >= 0.6 is 11.6 Å². The monoisotopic (exact) mass is 376 g/mol. The summed E-state index contributed by atoms with van der Waals surface area (Å²) in [6, 6.07) is 12.1. The summed E-state index contributed by atoms with van der Waals surface area (Å²) in [5, 5.41) is 0.667. The topological polar surface area (TPSA) is 32.8 Å². The van der Waals surface area contributed by atoms with Gasteiger partial charge in [0, 0.05) is 31.2 Å². The minimum absolute atomic E-state index is 0.0641. The van der Waals surface area contributed by atoms with Crippen molar-refractivity contribution in [3.05, 3.63) is 58.9 Å². The van der Waals surface area contributed by atoms with Crippen LogP contribution in [0.2, 0.25) is 5.02 Å². The van der Waals surface area contributed by atoms with Gasteiger partial charge in [0.05, 0.1) is 5.69 Å². The third-order valence-electron chi connectivity index (χ3n) is 4.57. The number of ether oxygens (including phenoxy) is 1. The maximum Gasteiger partial charge on any atom is 0.263 e. The van der Waals surface area contributed by atoms with Gasteiger partial charge in [0.15, 0.2) is 6.10 Å². The Morgan fingerprint density at radius 3 is 2.50 bits per heavy atom. The second kappa shape index (κ2) is 7.96. The van der Waals surface area contributed by atoms with E-state index >= 15 is 0 Å². The normalized spacial score (nSPS) is 15.7. The number of carbonyl (C=O) groups is 1. The fraction of sp³-hybridized carbons (Fsp3) is 0.350. The summed E-state index contributed by atoms with van der Waals surface area (Å²) in [5.41, 5.74) is 1.49. The Hall–Kier alpha value is -2.27. The summed E-state index contributed by atoms with van der Waals surface area (Å²) < 4.78 is 19.7. The van der Waals surface area contributed by atoms with E-state index in [1.807, 2.05) is 24.0 Å². The first-order valence-corrected chi connectivity index (χ1v) is 9.04. The van der Waals surface area contributed by atoms with Crippen molar-refractivity contribution in [1.82, 2.24) is 4.90 Å². The fourth-order valence-corrected chi connectivity index (χ4v) is 3.20. The van der Waals surface area contributed by atoms with Crippen molar-refractivity contribution in [2.75, 3.05) is 31.1 Å². The third-order valence-corrected chi connectivity index (χ3v) is 5.00. The maximum absolute atomic E-state index is 13.9. The standard InChI is InChI=1S/C20H22ClFN2O2/c1-14-13-16(7-8-17(14)21)26-15(2)20(25)24-11-9-23(10-12-24)19-6-4-3-5-18(19)22/h3-8,13,15H,9-12H2,1-2H3/t15-/m0/s1. The van der Waals surface area contributed by atoms with Crippen molar-refractivity contribution in [2.24, 2.45) is 0 Å². The summed E-state index contributed by atoms with van der Waals surface area (Å²) >= 11 is 6.01. The molecule has 1 saturated heterocycles. The third kappa shape index (κ3) is 4.10. The van der Waals surface area contributed by atoms with Gasteiger partial charge in [-0.1, -0.05) is 23.7 Å². The summed E-state index contributed by atoms with van der Waals surface area (Å²) in [5.74, 6) is 0.325. The molecule has 0 unspecified atom stereocenters. The van der Waals surface area contributed by atoms with Crippen LogP contribution in [-0.2, 0) is 4.79 Å². The second-order valence-corrected chi connectivity index (χ2v) is 6.84. The van der Waals surface area contributed by atoms with Crippen LogP contribution in [-0.4, -0.2) is 43.1 Å².